The molecule has 0 aliphatic rings. The molecular formula is C12H12AlClS. The summed E-state index contributed by atoms with van der Waals surface area (Å²) >= 11 is 0.271. The summed E-state index contributed by atoms with van der Waals surface area (Å²) in [5, 5.41) is 0. The topological polar surface area (TPSA) is 0 Å². The predicted octanol–water partition coefficient (Wildman–Crippen LogP) is 1.49. The predicted molar refractivity (Wildman–Crippen MR) is 73.9 cm³/mol. The van der Waals surface area contributed by atoms with E-state index in [9.17, 15) is 0 Å². The Bertz CT molecular complexity index is 326. The first-order valence-electron chi connectivity index (χ1n) is 4.40. The van der Waals surface area contributed by atoms with Gasteiger partial charge in [-0.3, -0.25) is 0 Å². The van der Waals surface area contributed by atoms with E-state index in [1.54, 1.807) is 0 Å². The van der Waals surface area contributed by atoms with E-state index in [-0.39, 0.29) is 41.1 Å². The van der Waals surface area contributed by atoms with Crippen LogP contribution in [-0.4, -0.2) is 15.2 Å². The van der Waals surface area contributed by atoms with Crippen LogP contribution >= 0.6 is 12.4 Å². The van der Waals surface area contributed by atoms with Gasteiger partial charge in [-0.25, -0.2) is 0 Å². The summed E-state index contributed by atoms with van der Waals surface area (Å²) < 4.78 is 2.90. The van der Waals surface area contributed by atoms with Crippen LogP contribution in [0.25, 0.3) is 0 Å². The average Bonchev–Trinajstić information content (AvgIpc) is 2.21. The first-order chi connectivity index (χ1) is 6.45. The Morgan fingerprint density at radius 1 is 0.600 bits per heavy atom. The SMILES string of the molecule is Cl.[SH-].c1cc[c]([Al+][c]2ccccc2)cc1. The third-order valence-corrected chi connectivity index (χ3v) is 3.37. The third-order valence-electron chi connectivity index (χ3n) is 1.93. The van der Waals surface area contributed by atoms with Gasteiger partial charge in [0, 0.05) is 0 Å². The molecule has 2 aromatic rings. The molecule has 0 atom stereocenters. The molecule has 0 nitrogen and oxygen atoms in total. The van der Waals surface area contributed by atoms with Crippen molar-refractivity contribution in [3.63, 3.8) is 0 Å². The Morgan fingerprint density at radius 2 is 0.933 bits per heavy atom. The summed E-state index contributed by atoms with van der Waals surface area (Å²) in [4.78, 5) is 0. The van der Waals surface area contributed by atoms with Crippen molar-refractivity contribution in [2.75, 3.05) is 0 Å². The molecule has 2 aromatic carbocycles. The summed E-state index contributed by atoms with van der Waals surface area (Å²) in [5.74, 6) is 0. The number of hydrogen-bond donors (Lipinski definition) is 0. The van der Waals surface area contributed by atoms with Crippen LogP contribution in [0.15, 0.2) is 60.7 Å². The van der Waals surface area contributed by atoms with Crippen LogP contribution in [0.3, 0.4) is 0 Å². The molecule has 0 spiro atoms. The maximum absolute atomic E-state index is 2.20. The van der Waals surface area contributed by atoms with Crippen molar-refractivity contribution in [2.45, 2.75) is 0 Å². The van der Waals surface area contributed by atoms with E-state index in [1.807, 2.05) is 0 Å². The Kier molecular flexibility index (Phi) is 7.64. The molecule has 0 aliphatic carbocycles. The van der Waals surface area contributed by atoms with Gasteiger partial charge >= 0.3 is 84.7 Å². The first-order valence-corrected chi connectivity index (χ1v) is 5.55. The fourth-order valence-electron chi connectivity index (χ4n) is 1.29. The van der Waals surface area contributed by atoms with E-state index >= 15 is 0 Å². The van der Waals surface area contributed by atoms with E-state index in [0.29, 0.717) is 0 Å². The van der Waals surface area contributed by atoms with E-state index in [2.05, 4.69) is 60.7 Å². The second-order valence-electron chi connectivity index (χ2n) is 2.97. The van der Waals surface area contributed by atoms with Crippen LogP contribution in [0.1, 0.15) is 0 Å². The molecule has 0 radical (unpaired) electrons. The summed E-state index contributed by atoms with van der Waals surface area (Å²) in [6.07, 6.45) is 0. The number of rotatable bonds is 2. The van der Waals surface area contributed by atoms with Gasteiger partial charge in [0.25, 0.3) is 0 Å². The van der Waals surface area contributed by atoms with Crippen molar-refractivity contribution >= 4 is 50.0 Å². The van der Waals surface area contributed by atoms with Crippen LogP contribution in [0.2, 0.25) is 0 Å². The average molecular weight is 251 g/mol. The molecule has 0 saturated carbocycles. The first kappa shape index (κ1) is 14.6. The third kappa shape index (κ3) is 4.77. The van der Waals surface area contributed by atoms with Gasteiger partial charge in [-0.2, -0.15) is 0 Å². The molecule has 15 heavy (non-hydrogen) atoms. The fraction of sp³-hybridized carbons (Fsp3) is 0. The molecule has 0 aliphatic heterocycles. The summed E-state index contributed by atoms with van der Waals surface area (Å²) in [6.45, 7) is 0. The van der Waals surface area contributed by atoms with Gasteiger partial charge in [-0.1, -0.05) is 0 Å². The van der Waals surface area contributed by atoms with Crippen LogP contribution in [0, 0.1) is 0 Å². The van der Waals surface area contributed by atoms with Crippen LogP contribution in [0.4, 0.5) is 0 Å². The Labute approximate surface area is 110 Å². The molecule has 0 N–H and O–H groups in total. The Balaban J connectivity index is 0.000000980. The molecule has 0 amide bonds. The normalized spacial score (nSPS) is 8.00. The second-order valence-corrected chi connectivity index (χ2v) is 4.59. The van der Waals surface area contributed by atoms with Gasteiger partial charge in [0.1, 0.15) is 0 Å². The van der Waals surface area contributed by atoms with E-state index in [1.165, 1.54) is 8.85 Å². The maximum atomic E-state index is 2.20. The monoisotopic (exact) mass is 250 g/mol. The van der Waals surface area contributed by atoms with E-state index in [0.717, 1.165) is 0 Å². The van der Waals surface area contributed by atoms with Gasteiger partial charge in [0.15, 0.2) is 0 Å². The van der Waals surface area contributed by atoms with Gasteiger partial charge in [-0.05, 0) is 0 Å². The second kappa shape index (κ2) is 7.85. The molecule has 0 saturated heterocycles. The molecule has 0 fully saturated rings. The molecular weight excluding hydrogens is 239 g/mol. The molecule has 2 rings (SSSR count). The molecule has 76 valence electrons. The molecule has 0 bridgehead atoms. The quantitative estimate of drug-likeness (QED) is 0.442. The van der Waals surface area contributed by atoms with Crippen molar-refractivity contribution in [1.82, 2.24) is 0 Å². The van der Waals surface area contributed by atoms with Crippen molar-refractivity contribution in [3.05, 3.63) is 60.7 Å². The molecule has 3 heteroatoms. The van der Waals surface area contributed by atoms with Gasteiger partial charge in [0.05, 0.1) is 0 Å². The zero-order valence-corrected chi connectivity index (χ0v) is 11.1. The number of benzene rings is 2. The van der Waals surface area contributed by atoms with Crippen molar-refractivity contribution < 1.29 is 0 Å². The summed E-state index contributed by atoms with van der Waals surface area (Å²) in [7, 11) is 0. The van der Waals surface area contributed by atoms with Gasteiger partial charge < -0.3 is 13.5 Å². The van der Waals surface area contributed by atoms with E-state index < -0.39 is 0 Å². The van der Waals surface area contributed by atoms with Crippen LogP contribution in [-0.2, 0) is 13.5 Å². The zero-order valence-electron chi connectivity index (χ0n) is 8.21. The Morgan fingerprint density at radius 3 is 1.27 bits per heavy atom. The van der Waals surface area contributed by atoms with Crippen LogP contribution in [0.5, 0.6) is 0 Å². The van der Waals surface area contributed by atoms with Crippen molar-refractivity contribution in [1.29, 1.82) is 0 Å². The number of thiol groups is 1. The van der Waals surface area contributed by atoms with Crippen LogP contribution < -0.4 is 8.85 Å². The van der Waals surface area contributed by atoms with Crippen molar-refractivity contribution in [2.24, 2.45) is 0 Å². The molecule has 0 heterocycles. The zero-order chi connectivity index (χ0) is 8.93. The molecule has 0 aromatic heterocycles. The minimum absolute atomic E-state index is 0. The summed E-state index contributed by atoms with van der Waals surface area (Å²) in [5.41, 5.74) is 0. The van der Waals surface area contributed by atoms with Gasteiger partial charge in [-0.15, -0.1) is 12.4 Å². The number of hydrogen-bond acceptors (Lipinski definition) is 1. The van der Waals surface area contributed by atoms with Crippen molar-refractivity contribution in [3.8, 4) is 0 Å². The minimum atomic E-state index is 0. The van der Waals surface area contributed by atoms with Gasteiger partial charge in [0.2, 0.25) is 0 Å². The Hall–Kier alpha value is -0.388. The molecule has 0 unspecified atom stereocenters. The number of halogens is 1. The van der Waals surface area contributed by atoms with E-state index in [4.69, 9.17) is 0 Å². The fourth-order valence-corrected chi connectivity index (χ4v) is 2.51. The summed E-state index contributed by atoms with van der Waals surface area (Å²) in [6, 6.07) is 21.3. The standard InChI is InChI=1S/2C6H5.Al.ClH.H2S/c2*1-2-4-6-5-3-1;;;/h2*1-5H;;1H;1H2/q;;+1;;/p-1.